The van der Waals surface area contributed by atoms with Gasteiger partial charge in [0.15, 0.2) is 12.6 Å². The summed E-state index contributed by atoms with van der Waals surface area (Å²) in [5, 5.41) is 12.1. The van der Waals surface area contributed by atoms with Crippen molar-refractivity contribution in [2.75, 3.05) is 0 Å². The molecule has 0 radical (unpaired) electrons. The number of hydrogen-bond donors (Lipinski definition) is 0. The molecule has 0 spiro atoms. The van der Waals surface area contributed by atoms with E-state index in [1.165, 1.54) is 29.5 Å². The topological polar surface area (TPSA) is 77.3 Å². The summed E-state index contributed by atoms with van der Waals surface area (Å²) in [6, 6.07) is 9.45. The third kappa shape index (κ3) is 3.91. The highest BCUT2D eigenvalue weighted by molar-refractivity contribution is 7.11. The number of hydrogen-bond acceptors (Lipinski definition) is 5. The summed E-state index contributed by atoms with van der Waals surface area (Å²) < 4.78 is 0. The van der Waals surface area contributed by atoms with Crippen molar-refractivity contribution in [3.05, 3.63) is 62.3 Å². The number of nitro groups is 1. The Hall–Kier alpha value is -2.34. The van der Waals surface area contributed by atoms with Crippen molar-refractivity contribution in [3.8, 4) is 0 Å². The lowest BCUT2D eigenvalue weighted by molar-refractivity contribution is -0.385. The Morgan fingerprint density at radius 1 is 1.06 bits per heavy atom. The highest BCUT2D eigenvalue weighted by Crippen LogP contribution is 2.14. The second kappa shape index (κ2) is 7.08. The lowest BCUT2D eigenvalue weighted by Crippen LogP contribution is -1.92. The third-order valence-electron chi connectivity index (χ3n) is 1.92. The van der Waals surface area contributed by atoms with Gasteiger partial charge in [0.25, 0.3) is 5.69 Å². The Bertz CT molecular complexity index is 537. The van der Waals surface area contributed by atoms with Gasteiger partial charge in [-0.05, 0) is 17.5 Å². The number of aldehydes is 2. The highest BCUT2D eigenvalue weighted by Gasteiger charge is 2.09. The van der Waals surface area contributed by atoms with E-state index in [1.54, 1.807) is 12.1 Å². The first-order valence-corrected chi connectivity index (χ1v) is 5.74. The molecule has 0 unspecified atom stereocenters. The van der Waals surface area contributed by atoms with Crippen LogP contribution in [0.25, 0.3) is 0 Å². The number of benzene rings is 1. The molecule has 0 aliphatic rings. The van der Waals surface area contributed by atoms with Crippen LogP contribution in [0.15, 0.2) is 41.8 Å². The number of carbonyl (C=O) groups is 2. The molecule has 18 heavy (non-hydrogen) atoms. The maximum atomic E-state index is 10.2. The normalized spacial score (nSPS) is 8.89. The first-order chi connectivity index (χ1) is 8.69. The Morgan fingerprint density at radius 2 is 1.78 bits per heavy atom. The zero-order valence-corrected chi connectivity index (χ0v) is 10.0. The van der Waals surface area contributed by atoms with E-state index in [-0.39, 0.29) is 11.3 Å². The summed E-state index contributed by atoms with van der Waals surface area (Å²) in [7, 11) is 0. The molecular weight excluding hydrogens is 254 g/mol. The van der Waals surface area contributed by atoms with Crippen LogP contribution in [-0.2, 0) is 0 Å². The molecule has 0 aliphatic carbocycles. The van der Waals surface area contributed by atoms with Crippen molar-refractivity contribution in [3.63, 3.8) is 0 Å². The van der Waals surface area contributed by atoms with E-state index in [0.29, 0.717) is 6.29 Å². The molecule has 0 fully saturated rings. The molecule has 1 aromatic heterocycles. The van der Waals surface area contributed by atoms with Crippen LogP contribution in [-0.4, -0.2) is 17.5 Å². The molecule has 92 valence electrons. The first kappa shape index (κ1) is 13.7. The summed E-state index contributed by atoms with van der Waals surface area (Å²) in [4.78, 5) is 30.5. The van der Waals surface area contributed by atoms with Gasteiger partial charge in [-0.1, -0.05) is 18.2 Å². The molecule has 1 heterocycles. The monoisotopic (exact) mass is 263 g/mol. The van der Waals surface area contributed by atoms with Crippen LogP contribution in [0.5, 0.6) is 0 Å². The van der Waals surface area contributed by atoms with E-state index in [9.17, 15) is 19.7 Å². The second-order valence-electron chi connectivity index (χ2n) is 3.07. The quantitative estimate of drug-likeness (QED) is 0.484. The number of para-hydroxylation sites is 1. The molecule has 1 aromatic carbocycles. The second-order valence-corrected chi connectivity index (χ2v) is 4.05. The van der Waals surface area contributed by atoms with Gasteiger partial charge in [-0.25, -0.2) is 0 Å². The molecule has 0 saturated heterocycles. The predicted molar refractivity (Wildman–Crippen MR) is 68.2 cm³/mol. The van der Waals surface area contributed by atoms with Crippen molar-refractivity contribution in [2.45, 2.75) is 0 Å². The lowest BCUT2D eigenvalue weighted by atomic mass is 10.2. The average Bonchev–Trinajstić information content (AvgIpc) is 2.92. The minimum absolute atomic E-state index is 0.109. The Labute approximate surface area is 107 Å². The number of rotatable bonds is 3. The molecule has 5 nitrogen and oxygen atoms in total. The van der Waals surface area contributed by atoms with Crippen LogP contribution in [0, 0.1) is 10.1 Å². The highest BCUT2D eigenvalue weighted by atomic mass is 32.1. The fourth-order valence-electron chi connectivity index (χ4n) is 1.11. The summed E-state index contributed by atoms with van der Waals surface area (Å²) in [5.74, 6) is 0. The molecule has 0 aliphatic heterocycles. The summed E-state index contributed by atoms with van der Waals surface area (Å²) >= 11 is 1.45. The van der Waals surface area contributed by atoms with E-state index in [1.807, 2.05) is 11.4 Å². The van der Waals surface area contributed by atoms with E-state index in [2.05, 4.69) is 0 Å². The van der Waals surface area contributed by atoms with E-state index < -0.39 is 4.92 Å². The van der Waals surface area contributed by atoms with Crippen LogP contribution < -0.4 is 0 Å². The Kier molecular flexibility index (Phi) is 5.40. The van der Waals surface area contributed by atoms with Crippen LogP contribution in [0.3, 0.4) is 0 Å². The van der Waals surface area contributed by atoms with Crippen LogP contribution in [0.2, 0.25) is 0 Å². The standard InChI is InChI=1S/C7H5NO3.C5H4OS/c9-5-6-3-1-2-4-7(6)8(10)11;6-4-5-2-1-3-7-5/h1-5H;1-4H. The van der Waals surface area contributed by atoms with Gasteiger partial charge in [-0.15, -0.1) is 11.3 Å². The molecule has 0 bridgehead atoms. The average molecular weight is 263 g/mol. The minimum Gasteiger partial charge on any atom is -0.298 e. The molecule has 0 N–H and O–H groups in total. The van der Waals surface area contributed by atoms with Crippen molar-refractivity contribution < 1.29 is 14.5 Å². The fourth-order valence-corrected chi connectivity index (χ4v) is 1.64. The molecule has 6 heteroatoms. The smallest absolute Gasteiger partial charge is 0.279 e. The van der Waals surface area contributed by atoms with Gasteiger partial charge in [0, 0.05) is 6.07 Å². The maximum absolute atomic E-state index is 10.2. The molecular formula is C12H9NO4S. The van der Waals surface area contributed by atoms with E-state index in [4.69, 9.17) is 0 Å². The van der Waals surface area contributed by atoms with Gasteiger partial charge in [-0.3, -0.25) is 19.7 Å². The van der Waals surface area contributed by atoms with Crippen molar-refractivity contribution in [1.29, 1.82) is 0 Å². The molecule has 2 rings (SSSR count). The van der Waals surface area contributed by atoms with Crippen molar-refractivity contribution in [1.82, 2.24) is 0 Å². The number of nitrogens with zero attached hydrogens (tertiary/aromatic N) is 1. The third-order valence-corrected chi connectivity index (χ3v) is 2.72. The van der Waals surface area contributed by atoms with Crippen molar-refractivity contribution >= 4 is 29.6 Å². The zero-order valence-electron chi connectivity index (χ0n) is 9.18. The van der Waals surface area contributed by atoms with Gasteiger partial charge in [0.2, 0.25) is 0 Å². The van der Waals surface area contributed by atoms with Gasteiger partial charge in [-0.2, -0.15) is 0 Å². The van der Waals surface area contributed by atoms with Gasteiger partial charge in [0.1, 0.15) is 0 Å². The largest absolute Gasteiger partial charge is 0.298 e. The van der Waals surface area contributed by atoms with Gasteiger partial charge >= 0.3 is 0 Å². The maximum Gasteiger partial charge on any atom is 0.279 e. The Balaban J connectivity index is 0.000000199. The number of thiophene rings is 1. The number of nitro benzene ring substituents is 1. The van der Waals surface area contributed by atoms with E-state index >= 15 is 0 Å². The molecule has 2 aromatic rings. The zero-order chi connectivity index (χ0) is 13.4. The van der Waals surface area contributed by atoms with Gasteiger partial charge in [0.05, 0.1) is 15.4 Å². The SMILES string of the molecule is O=Cc1ccccc1[N+](=O)[O-].O=Cc1cccs1. The van der Waals surface area contributed by atoms with Crippen LogP contribution in [0.1, 0.15) is 20.0 Å². The van der Waals surface area contributed by atoms with Gasteiger partial charge < -0.3 is 0 Å². The first-order valence-electron chi connectivity index (χ1n) is 4.86. The number of carbonyl (C=O) groups excluding carboxylic acids is 2. The molecule has 0 saturated carbocycles. The minimum atomic E-state index is -0.580. The fraction of sp³-hybridized carbons (Fsp3) is 0. The predicted octanol–water partition coefficient (Wildman–Crippen LogP) is 2.97. The Morgan fingerprint density at radius 3 is 2.17 bits per heavy atom. The molecule has 0 amide bonds. The summed E-state index contributed by atoms with van der Waals surface area (Å²) in [5.41, 5.74) is -0.0417. The summed E-state index contributed by atoms with van der Waals surface area (Å²) in [6.45, 7) is 0. The lowest BCUT2D eigenvalue weighted by Gasteiger charge is -1.91. The van der Waals surface area contributed by atoms with Crippen LogP contribution >= 0.6 is 11.3 Å². The summed E-state index contributed by atoms with van der Waals surface area (Å²) in [6.07, 6.45) is 1.32. The molecule has 0 atom stereocenters. The van der Waals surface area contributed by atoms with Crippen LogP contribution in [0.4, 0.5) is 5.69 Å². The van der Waals surface area contributed by atoms with Crippen molar-refractivity contribution in [2.24, 2.45) is 0 Å². The van der Waals surface area contributed by atoms with E-state index in [0.717, 1.165) is 11.2 Å².